The fraction of sp³-hybridized carbons (Fsp3) is 0.222. The molecule has 1 atom stereocenters. The standard InChI is InChI=1S/C18H16FN3O/c1-22-10-14-6-11(4-5-16(14)18(22)23)12-2-3-13(17(19)8-12)7-15(21)9-20/h2-6,8,15H,7,10,21H2,1H3/t15-/m0/s1. The second kappa shape index (κ2) is 5.82. The normalized spacial score (nSPS) is 14.5. The molecule has 0 saturated heterocycles. The number of benzene rings is 2. The Morgan fingerprint density at radius 2 is 2.00 bits per heavy atom. The molecule has 0 saturated carbocycles. The monoisotopic (exact) mass is 309 g/mol. The van der Waals surface area contributed by atoms with E-state index in [9.17, 15) is 9.18 Å². The van der Waals surface area contributed by atoms with Crippen molar-refractivity contribution < 1.29 is 9.18 Å². The van der Waals surface area contributed by atoms with Crippen LogP contribution in [0.1, 0.15) is 21.5 Å². The number of nitriles is 1. The second-order valence-electron chi connectivity index (χ2n) is 5.78. The van der Waals surface area contributed by atoms with Gasteiger partial charge in [0.1, 0.15) is 5.82 Å². The number of carbonyl (C=O) groups excluding carboxylic acids is 1. The number of hydrogen-bond acceptors (Lipinski definition) is 3. The van der Waals surface area contributed by atoms with Crippen molar-refractivity contribution in [2.45, 2.75) is 19.0 Å². The van der Waals surface area contributed by atoms with Crippen LogP contribution in [0.2, 0.25) is 0 Å². The zero-order valence-corrected chi connectivity index (χ0v) is 12.7. The maximum atomic E-state index is 14.2. The predicted molar refractivity (Wildman–Crippen MR) is 84.9 cm³/mol. The van der Waals surface area contributed by atoms with E-state index in [2.05, 4.69) is 0 Å². The highest BCUT2D eigenvalue weighted by Gasteiger charge is 2.24. The summed E-state index contributed by atoms with van der Waals surface area (Å²) in [4.78, 5) is 13.6. The Morgan fingerprint density at radius 1 is 1.30 bits per heavy atom. The second-order valence-corrected chi connectivity index (χ2v) is 5.78. The zero-order chi connectivity index (χ0) is 16.6. The number of amides is 1. The minimum Gasteiger partial charge on any atom is -0.337 e. The summed E-state index contributed by atoms with van der Waals surface area (Å²) in [6.07, 6.45) is 0.187. The summed E-state index contributed by atoms with van der Waals surface area (Å²) in [5.41, 5.74) is 9.23. The number of rotatable bonds is 3. The van der Waals surface area contributed by atoms with Gasteiger partial charge in [0.25, 0.3) is 5.91 Å². The van der Waals surface area contributed by atoms with Crippen molar-refractivity contribution in [2.75, 3.05) is 7.05 Å². The molecule has 0 fully saturated rings. The topological polar surface area (TPSA) is 70.1 Å². The van der Waals surface area contributed by atoms with Crippen LogP contribution in [-0.2, 0) is 13.0 Å². The van der Waals surface area contributed by atoms with Gasteiger partial charge in [0.05, 0.1) is 12.1 Å². The van der Waals surface area contributed by atoms with Crippen LogP contribution in [0.4, 0.5) is 4.39 Å². The summed E-state index contributed by atoms with van der Waals surface area (Å²) in [6, 6.07) is 11.6. The van der Waals surface area contributed by atoms with Gasteiger partial charge in [-0.25, -0.2) is 4.39 Å². The maximum absolute atomic E-state index is 14.2. The van der Waals surface area contributed by atoms with Gasteiger partial charge in [-0.05, 0) is 40.5 Å². The van der Waals surface area contributed by atoms with Crippen LogP contribution in [0.3, 0.4) is 0 Å². The van der Waals surface area contributed by atoms with Crippen LogP contribution in [-0.4, -0.2) is 23.9 Å². The molecule has 1 aliphatic heterocycles. The van der Waals surface area contributed by atoms with Gasteiger partial charge in [-0.15, -0.1) is 0 Å². The van der Waals surface area contributed by atoms with Crippen LogP contribution >= 0.6 is 0 Å². The smallest absolute Gasteiger partial charge is 0.254 e. The molecule has 2 aromatic carbocycles. The van der Waals surface area contributed by atoms with Crippen molar-refractivity contribution in [1.82, 2.24) is 4.90 Å². The zero-order valence-electron chi connectivity index (χ0n) is 12.7. The van der Waals surface area contributed by atoms with Crippen LogP contribution in [0.15, 0.2) is 36.4 Å². The molecular weight excluding hydrogens is 293 g/mol. The van der Waals surface area contributed by atoms with Crippen LogP contribution < -0.4 is 5.73 Å². The molecular formula is C18H16FN3O. The van der Waals surface area contributed by atoms with Crippen molar-refractivity contribution >= 4 is 5.91 Å². The minimum atomic E-state index is -0.711. The first kappa shape index (κ1) is 15.2. The van der Waals surface area contributed by atoms with E-state index in [1.54, 1.807) is 24.1 Å². The number of halogens is 1. The lowest BCUT2D eigenvalue weighted by Gasteiger charge is -2.08. The van der Waals surface area contributed by atoms with E-state index < -0.39 is 6.04 Å². The van der Waals surface area contributed by atoms with Gasteiger partial charge in [-0.3, -0.25) is 4.79 Å². The van der Waals surface area contributed by atoms with E-state index in [0.29, 0.717) is 17.7 Å². The van der Waals surface area contributed by atoms with Gasteiger partial charge in [0, 0.05) is 25.6 Å². The Balaban J connectivity index is 1.92. The molecule has 23 heavy (non-hydrogen) atoms. The molecule has 2 aromatic rings. The number of fused-ring (bicyclic) bond motifs is 1. The highest BCUT2D eigenvalue weighted by Crippen LogP contribution is 2.28. The largest absolute Gasteiger partial charge is 0.337 e. The van der Waals surface area contributed by atoms with Gasteiger partial charge in [0.15, 0.2) is 0 Å². The highest BCUT2D eigenvalue weighted by atomic mass is 19.1. The molecule has 5 heteroatoms. The van der Waals surface area contributed by atoms with Crippen molar-refractivity contribution in [3.05, 3.63) is 58.9 Å². The van der Waals surface area contributed by atoms with E-state index in [0.717, 1.165) is 16.7 Å². The van der Waals surface area contributed by atoms with Crippen LogP contribution in [0.25, 0.3) is 11.1 Å². The molecule has 1 aliphatic rings. The Morgan fingerprint density at radius 3 is 2.70 bits per heavy atom. The van der Waals surface area contributed by atoms with Crippen molar-refractivity contribution in [3.63, 3.8) is 0 Å². The molecule has 0 aliphatic carbocycles. The average molecular weight is 309 g/mol. The average Bonchev–Trinajstić information content (AvgIpc) is 2.83. The van der Waals surface area contributed by atoms with Crippen molar-refractivity contribution in [2.24, 2.45) is 5.73 Å². The molecule has 0 radical (unpaired) electrons. The lowest BCUT2D eigenvalue weighted by Crippen LogP contribution is -2.20. The van der Waals surface area contributed by atoms with Gasteiger partial charge < -0.3 is 10.6 Å². The first-order valence-electron chi connectivity index (χ1n) is 7.32. The lowest BCUT2D eigenvalue weighted by molar-refractivity contribution is 0.0816. The summed E-state index contributed by atoms with van der Waals surface area (Å²) in [7, 11) is 1.76. The molecule has 4 nitrogen and oxygen atoms in total. The third-order valence-corrected chi connectivity index (χ3v) is 4.08. The van der Waals surface area contributed by atoms with E-state index in [4.69, 9.17) is 11.0 Å². The highest BCUT2D eigenvalue weighted by molar-refractivity contribution is 5.98. The molecule has 0 bridgehead atoms. The van der Waals surface area contributed by atoms with Crippen molar-refractivity contribution in [3.8, 4) is 17.2 Å². The fourth-order valence-corrected chi connectivity index (χ4v) is 2.82. The lowest BCUT2D eigenvalue weighted by atomic mass is 9.98. The third kappa shape index (κ3) is 2.81. The fourth-order valence-electron chi connectivity index (χ4n) is 2.82. The molecule has 0 aromatic heterocycles. The number of nitrogens with zero attached hydrogens (tertiary/aromatic N) is 2. The van der Waals surface area contributed by atoms with E-state index in [-0.39, 0.29) is 18.1 Å². The molecule has 116 valence electrons. The quantitative estimate of drug-likeness (QED) is 0.947. The Labute approximate surface area is 133 Å². The summed E-state index contributed by atoms with van der Waals surface area (Å²) in [6.45, 7) is 0.569. The number of carbonyl (C=O) groups is 1. The minimum absolute atomic E-state index is 0.0126. The first-order chi connectivity index (χ1) is 11.0. The Kier molecular flexibility index (Phi) is 3.85. The van der Waals surface area contributed by atoms with E-state index >= 15 is 0 Å². The molecule has 0 unspecified atom stereocenters. The van der Waals surface area contributed by atoms with E-state index in [1.165, 1.54) is 6.07 Å². The maximum Gasteiger partial charge on any atom is 0.254 e. The predicted octanol–water partition coefficient (Wildman–Crippen LogP) is 2.47. The molecule has 2 N–H and O–H groups in total. The number of nitrogens with two attached hydrogens (primary N) is 1. The molecule has 1 heterocycles. The number of hydrogen-bond donors (Lipinski definition) is 1. The van der Waals surface area contributed by atoms with Gasteiger partial charge in [-0.1, -0.05) is 18.2 Å². The van der Waals surface area contributed by atoms with Gasteiger partial charge in [-0.2, -0.15) is 5.26 Å². The summed E-state index contributed by atoms with van der Waals surface area (Å²) >= 11 is 0. The summed E-state index contributed by atoms with van der Waals surface area (Å²) in [5.74, 6) is -0.361. The summed E-state index contributed by atoms with van der Waals surface area (Å²) in [5, 5.41) is 8.72. The van der Waals surface area contributed by atoms with Crippen LogP contribution in [0.5, 0.6) is 0 Å². The molecule has 3 rings (SSSR count). The van der Waals surface area contributed by atoms with Gasteiger partial charge in [0.2, 0.25) is 0 Å². The SMILES string of the molecule is CN1Cc2cc(-c3ccc(C[C@H](N)C#N)c(F)c3)ccc2C1=O. The molecule has 0 spiro atoms. The Hall–Kier alpha value is -2.71. The molecule has 1 amide bonds. The Bertz CT molecular complexity index is 826. The summed E-state index contributed by atoms with van der Waals surface area (Å²) < 4.78 is 14.2. The van der Waals surface area contributed by atoms with Crippen LogP contribution in [0, 0.1) is 17.1 Å². The van der Waals surface area contributed by atoms with E-state index in [1.807, 2.05) is 24.3 Å². The third-order valence-electron chi connectivity index (χ3n) is 4.08. The van der Waals surface area contributed by atoms with Gasteiger partial charge >= 0.3 is 0 Å². The van der Waals surface area contributed by atoms with Crippen molar-refractivity contribution in [1.29, 1.82) is 5.26 Å². The first-order valence-corrected chi connectivity index (χ1v) is 7.32.